The van der Waals surface area contributed by atoms with E-state index in [4.69, 9.17) is 0 Å². The molecule has 0 aromatic heterocycles. The second-order valence-corrected chi connectivity index (χ2v) is 49.0. The van der Waals surface area contributed by atoms with Crippen LogP contribution in [-0.4, -0.2) is 60.4 Å². The summed E-state index contributed by atoms with van der Waals surface area (Å²) in [6, 6.07) is 17.1. The van der Waals surface area contributed by atoms with E-state index in [0.29, 0.717) is 33.0 Å². The van der Waals surface area contributed by atoms with Gasteiger partial charge < -0.3 is 0 Å². The van der Waals surface area contributed by atoms with E-state index >= 15 is 19.2 Å². The van der Waals surface area contributed by atoms with E-state index in [1.54, 1.807) is 9.80 Å². The van der Waals surface area contributed by atoms with Gasteiger partial charge >= 0.3 is 436 Å². The molecule has 2 heterocycles. The Morgan fingerprint density at radius 2 is 0.629 bits per heavy atom. The number of carbonyl (C=O) groups is 4. The van der Waals surface area contributed by atoms with Crippen molar-refractivity contribution in [2.45, 2.75) is 224 Å². The number of imide groups is 2. The average molecular weight is 1160 g/mol. The predicted molar refractivity (Wildman–Crippen MR) is 305 cm³/mol. The second kappa shape index (κ2) is 24.4. The van der Waals surface area contributed by atoms with E-state index in [1.807, 2.05) is 0 Å². The van der Waals surface area contributed by atoms with Gasteiger partial charge in [0.2, 0.25) is 0 Å². The monoisotopic (exact) mass is 1170 g/mol. The van der Waals surface area contributed by atoms with Crippen molar-refractivity contribution in [2.75, 3.05) is 9.80 Å². The van der Waals surface area contributed by atoms with Crippen molar-refractivity contribution in [3.63, 3.8) is 0 Å². The molecule has 0 spiro atoms. The van der Waals surface area contributed by atoms with Crippen molar-refractivity contribution in [3.8, 4) is 0 Å². The van der Waals surface area contributed by atoms with Crippen LogP contribution in [0, 0.1) is 0 Å². The maximum atomic E-state index is 16.5. The molecular formula is C62H90N2O4Sn2. The van der Waals surface area contributed by atoms with Crippen molar-refractivity contribution in [2.24, 2.45) is 0 Å². The van der Waals surface area contributed by atoms with Gasteiger partial charge in [0, 0.05) is 0 Å². The standard InChI is InChI=1S/C38H36N2O4.6C4H9.2Sn/c1-19(2)23-11-9-12-24(20(3)4)33(23)39-35(41)27-15-17-29-32-30(18-16-28(31(27)32)36(39)42)38(44)40(37(29)43)34-25(21(5)6)13-10-14-26(34)22(7)8;6*1-3-4-2;;/h9-15,18-22H,1-8H3;6*1,3-4H2,2H3;;. The summed E-state index contributed by atoms with van der Waals surface area (Å²) in [6.45, 7) is 30.9. The molecule has 6 rings (SSSR count). The van der Waals surface area contributed by atoms with Crippen LogP contribution >= 0.6 is 0 Å². The summed E-state index contributed by atoms with van der Waals surface area (Å²) in [6.07, 6.45) is 12.7. The van der Waals surface area contributed by atoms with Crippen molar-refractivity contribution >= 4 is 89.7 Å². The van der Waals surface area contributed by atoms with Gasteiger partial charge in [-0.1, -0.05) is 0 Å². The predicted octanol–water partition coefficient (Wildman–Crippen LogP) is 17.0. The zero-order valence-electron chi connectivity index (χ0n) is 46.2. The molecule has 0 aliphatic carbocycles. The first-order valence-electron chi connectivity index (χ1n) is 28.2. The first kappa shape index (κ1) is 56.3. The fourth-order valence-corrected chi connectivity index (χ4v) is 46.0. The van der Waals surface area contributed by atoms with Gasteiger partial charge in [0.05, 0.1) is 0 Å². The van der Waals surface area contributed by atoms with Crippen LogP contribution in [0.5, 0.6) is 0 Å². The molecule has 0 radical (unpaired) electrons. The van der Waals surface area contributed by atoms with Crippen molar-refractivity contribution in [3.05, 3.63) is 93.0 Å². The first-order valence-corrected chi connectivity index (χ1v) is 43.2. The minimum atomic E-state index is -3.74. The quantitative estimate of drug-likeness (QED) is 0.0464. The average Bonchev–Trinajstić information content (AvgIpc) is 3.34. The van der Waals surface area contributed by atoms with Gasteiger partial charge in [-0.05, 0) is 0 Å². The van der Waals surface area contributed by atoms with Gasteiger partial charge in [-0.2, -0.15) is 0 Å². The molecule has 8 heteroatoms. The summed E-state index contributed by atoms with van der Waals surface area (Å²) < 4.78 is 8.73. The number of unbranched alkanes of at least 4 members (excludes halogenated alkanes) is 6. The summed E-state index contributed by atoms with van der Waals surface area (Å²) in [5.41, 5.74) is 7.82. The summed E-state index contributed by atoms with van der Waals surface area (Å²) in [5.74, 6) is -0.868. The summed E-state index contributed by atoms with van der Waals surface area (Å²) in [5, 5.41) is 1.22. The number of para-hydroxylation sites is 2. The summed E-state index contributed by atoms with van der Waals surface area (Å²) in [4.78, 5) is 69.0. The number of hydrogen-bond acceptors (Lipinski definition) is 4. The zero-order valence-corrected chi connectivity index (χ0v) is 51.9. The van der Waals surface area contributed by atoms with Crippen LogP contribution in [0.15, 0.2) is 48.5 Å². The third-order valence-corrected chi connectivity index (χ3v) is 47.7. The number of hydrogen-bond donors (Lipinski definition) is 0. The minimum absolute atomic E-state index is 0.0599. The number of carbonyl (C=O) groups excluding carboxylic acids is 4. The Balaban J connectivity index is 1.95. The molecule has 4 amide bonds. The van der Waals surface area contributed by atoms with E-state index < -0.39 is 36.8 Å². The molecule has 2 aliphatic rings. The van der Waals surface area contributed by atoms with Gasteiger partial charge in [-0.3, -0.25) is 0 Å². The molecule has 2 aliphatic heterocycles. The van der Waals surface area contributed by atoms with E-state index in [1.165, 1.54) is 0 Å². The molecule has 4 aromatic rings. The molecule has 0 saturated carbocycles. The van der Waals surface area contributed by atoms with Crippen LogP contribution in [-0.2, 0) is 0 Å². The SMILES string of the molecule is CCC[CH2][Sn]([CH2]CCC)([CH2]CCC)[c]1cc2c3c([c]([Sn]([CH2]CCC)([CH2]CCC)[CH2]CCC)cc4c3c1C(=O)N(c1c(C(C)C)cccc1C(C)C)C4=O)C(=O)N(c1c(C(C)C)cccc1C(C)C)C2=O. The Bertz CT molecular complexity index is 2280. The van der Waals surface area contributed by atoms with Gasteiger partial charge in [0.1, 0.15) is 0 Å². The molecule has 6 nitrogen and oxygen atoms in total. The van der Waals surface area contributed by atoms with Gasteiger partial charge in [-0.15, -0.1) is 0 Å². The summed E-state index contributed by atoms with van der Waals surface area (Å²) in [7, 11) is 0. The van der Waals surface area contributed by atoms with E-state index in [2.05, 4.69) is 145 Å². The Morgan fingerprint density at radius 1 is 0.386 bits per heavy atom. The maximum absolute atomic E-state index is 16.5. The van der Waals surface area contributed by atoms with Gasteiger partial charge in [-0.25, -0.2) is 0 Å². The normalized spacial score (nSPS) is 14.3. The molecule has 0 N–H and O–H groups in total. The number of rotatable bonds is 26. The molecule has 0 bridgehead atoms. The van der Waals surface area contributed by atoms with Crippen molar-refractivity contribution < 1.29 is 19.2 Å². The molecule has 4 aromatic carbocycles. The fraction of sp³-hybridized carbons (Fsp3) is 0.581. The third-order valence-electron chi connectivity index (χ3n) is 16.4. The zero-order chi connectivity index (χ0) is 51.2. The van der Waals surface area contributed by atoms with Gasteiger partial charge in [0.25, 0.3) is 0 Å². The van der Waals surface area contributed by atoms with Crippen molar-refractivity contribution in [1.29, 1.82) is 0 Å². The van der Waals surface area contributed by atoms with Crippen LogP contribution in [0.2, 0.25) is 26.6 Å². The first-order chi connectivity index (χ1) is 33.5. The topological polar surface area (TPSA) is 74.8 Å². The molecule has 0 unspecified atom stereocenters. The molecular weight excluding hydrogens is 1070 g/mol. The van der Waals surface area contributed by atoms with E-state index in [9.17, 15) is 0 Å². The van der Waals surface area contributed by atoms with E-state index in [-0.39, 0.29) is 47.3 Å². The van der Waals surface area contributed by atoms with E-state index in [0.717, 1.165) is 144 Å². The molecule has 380 valence electrons. The summed E-state index contributed by atoms with van der Waals surface area (Å²) >= 11 is -7.49. The van der Waals surface area contributed by atoms with Gasteiger partial charge in [0.15, 0.2) is 0 Å². The molecule has 70 heavy (non-hydrogen) atoms. The molecule has 0 fully saturated rings. The Labute approximate surface area is 432 Å². The Hall–Kier alpha value is -2.98. The fourth-order valence-electron chi connectivity index (χ4n) is 12.5. The number of anilines is 2. The molecule has 0 atom stereocenters. The van der Waals surface area contributed by atoms with Crippen LogP contribution in [0.3, 0.4) is 0 Å². The van der Waals surface area contributed by atoms with Crippen LogP contribution in [0.25, 0.3) is 10.8 Å². The van der Waals surface area contributed by atoms with Crippen LogP contribution < -0.4 is 17.0 Å². The number of amides is 4. The number of nitrogens with zero attached hydrogens (tertiary/aromatic N) is 2. The van der Waals surface area contributed by atoms with Crippen molar-refractivity contribution in [1.82, 2.24) is 0 Å². The Kier molecular flexibility index (Phi) is 19.6. The van der Waals surface area contributed by atoms with Crippen LogP contribution in [0.4, 0.5) is 11.4 Å². The van der Waals surface area contributed by atoms with Crippen LogP contribution in [0.1, 0.15) is 261 Å². The Morgan fingerprint density at radius 3 is 0.843 bits per heavy atom. The third kappa shape index (κ3) is 10.5. The molecule has 0 saturated heterocycles. The number of benzene rings is 4. The second-order valence-electron chi connectivity index (χ2n) is 22.7.